The van der Waals surface area contributed by atoms with Gasteiger partial charge in [-0.1, -0.05) is 13.8 Å². The van der Waals surface area contributed by atoms with Gasteiger partial charge in [0, 0.05) is 19.6 Å². The topological polar surface area (TPSA) is 78.5 Å². The molecule has 27 heavy (non-hydrogen) atoms. The van der Waals surface area contributed by atoms with E-state index in [2.05, 4.69) is 24.5 Å². The van der Waals surface area contributed by atoms with Crippen molar-refractivity contribution >= 4 is 39.7 Å². The number of halogens is 1. The van der Waals surface area contributed by atoms with E-state index in [1.54, 1.807) is 16.4 Å². The number of sulfonamides is 1. The lowest BCUT2D eigenvalue weighted by Crippen LogP contribution is -2.42. The highest BCUT2D eigenvalue weighted by atomic mass is 35.5. The van der Waals surface area contributed by atoms with Gasteiger partial charge in [-0.15, -0.1) is 23.7 Å². The van der Waals surface area contributed by atoms with E-state index in [4.69, 9.17) is 0 Å². The lowest BCUT2D eigenvalue weighted by atomic mass is 9.81. The van der Waals surface area contributed by atoms with Crippen LogP contribution in [0.25, 0.3) is 0 Å². The van der Waals surface area contributed by atoms with Crippen LogP contribution in [0.2, 0.25) is 0 Å². The lowest BCUT2D eigenvalue weighted by molar-refractivity contribution is 0.0926. The van der Waals surface area contributed by atoms with Crippen molar-refractivity contribution in [2.45, 2.75) is 43.7 Å². The van der Waals surface area contributed by atoms with Crippen molar-refractivity contribution in [3.8, 4) is 0 Å². The highest BCUT2D eigenvalue weighted by molar-refractivity contribution is 7.91. The minimum atomic E-state index is -3.48. The summed E-state index contributed by atoms with van der Waals surface area (Å²) in [5.74, 6) is 0.394. The van der Waals surface area contributed by atoms with Gasteiger partial charge in [-0.05, 0) is 62.2 Å². The summed E-state index contributed by atoms with van der Waals surface area (Å²) in [6.07, 6.45) is 3.85. The molecule has 0 aromatic carbocycles. The molecule has 0 atom stereocenters. The van der Waals surface area contributed by atoms with Gasteiger partial charge in [-0.2, -0.15) is 4.31 Å². The van der Waals surface area contributed by atoms with Crippen molar-refractivity contribution in [3.63, 3.8) is 0 Å². The van der Waals surface area contributed by atoms with Crippen molar-refractivity contribution in [2.75, 3.05) is 32.7 Å². The van der Waals surface area contributed by atoms with Crippen LogP contribution in [-0.4, -0.2) is 51.4 Å². The molecule has 0 radical (unpaired) electrons. The van der Waals surface area contributed by atoms with Crippen LogP contribution in [0.3, 0.4) is 0 Å². The largest absolute Gasteiger partial charge is 0.351 e. The maximum Gasteiger partial charge on any atom is 0.261 e. The summed E-state index contributed by atoms with van der Waals surface area (Å²) in [6.45, 7) is 8.04. The van der Waals surface area contributed by atoms with E-state index in [-0.39, 0.29) is 27.9 Å². The molecule has 1 aromatic heterocycles. The standard InChI is InChI=1S/C18H29N3O3S2.ClH/c1-14-5-11-21(12-6-14)26(23,24)16-4-3-15(25-16)17(22)20-13-18(2)7-9-19-10-8-18;/h3-4,14,19H,5-13H2,1-2H3,(H,20,22);1H. The number of rotatable bonds is 5. The van der Waals surface area contributed by atoms with Crippen LogP contribution in [0.1, 0.15) is 49.2 Å². The molecule has 154 valence electrons. The van der Waals surface area contributed by atoms with Gasteiger partial charge in [0.25, 0.3) is 15.9 Å². The minimum absolute atomic E-state index is 0. The third-order valence-electron chi connectivity index (χ3n) is 5.63. The van der Waals surface area contributed by atoms with Crippen molar-refractivity contribution in [1.82, 2.24) is 14.9 Å². The maximum absolute atomic E-state index is 12.8. The Bertz CT molecular complexity index is 737. The summed E-state index contributed by atoms with van der Waals surface area (Å²) in [6, 6.07) is 3.20. The van der Waals surface area contributed by atoms with Crippen LogP contribution < -0.4 is 10.6 Å². The molecule has 9 heteroatoms. The Kier molecular flexibility index (Phi) is 7.72. The number of amides is 1. The summed E-state index contributed by atoms with van der Waals surface area (Å²) >= 11 is 1.07. The van der Waals surface area contributed by atoms with E-state index >= 15 is 0 Å². The van der Waals surface area contributed by atoms with Crippen LogP contribution >= 0.6 is 23.7 Å². The fourth-order valence-electron chi connectivity index (χ4n) is 3.52. The summed E-state index contributed by atoms with van der Waals surface area (Å²) in [5.41, 5.74) is 0.109. The second-order valence-electron chi connectivity index (χ2n) is 7.95. The van der Waals surface area contributed by atoms with Crippen LogP contribution in [0.15, 0.2) is 16.3 Å². The molecule has 0 aliphatic carbocycles. The first kappa shape index (κ1) is 22.6. The Balaban J connectivity index is 0.00000261. The molecule has 0 spiro atoms. The Hall–Kier alpha value is -0.670. The predicted molar refractivity (Wildman–Crippen MR) is 111 cm³/mol. The smallest absolute Gasteiger partial charge is 0.261 e. The maximum atomic E-state index is 12.8. The first-order valence-corrected chi connectivity index (χ1v) is 11.6. The van der Waals surface area contributed by atoms with Gasteiger partial charge < -0.3 is 10.6 Å². The molecule has 1 aromatic rings. The first-order valence-electron chi connectivity index (χ1n) is 9.39. The molecule has 2 aliphatic heterocycles. The highest BCUT2D eigenvalue weighted by Crippen LogP contribution is 2.29. The summed E-state index contributed by atoms with van der Waals surface area (Å²) < 4.78 is 27.4. The zero-order valence-corrected chi connectivity index (χ0v) is 18.4. The van der Waals surface area contributed by atoms with Crippen molar-refractivity contribution in [3.05, 3.63) is 17.0 Å². The molecule has 6 nitrogen and oxygen atoms in total. The summed E-state index contributed by atoms with van der Waals surface area (Å²) in [7, 11) is -3.48. The van der Waals surface area contributed by atoms with Crippen LogP contribution in [0.4, 0.5) is 0 Å². The number of carbonyl (C=O) groups is 1. The zero-order chi connectivity index (χ0) is 18.8. The second kappa shape index (κ2) is 9.22. The molecule has 3 rings (SSSR count). The number of hydrogen-bond donors (Lipinski definition) is 2. The molecule has 2 N–H and O–H groups in total. The molecule has 2 fully saturated rings. The lowest BCUT2D eigenvalue weighted by Gasteiger charge is -2.34. The van der Waals surface area contributed by atoms with Gasteiger partial charge >= 0.3 is 0 Å². The van der Waals surface area contributed by atoms with E-state index in [0.29, 0.717) is 30.4 Å². The Morgan fingerprint density at radius 3 is 2.56 bits per heavy atom. The van der Waals surface area contributed by atoms with Gasteiger partial charge in [0.2, 0.25) is 0 Å². The Labute approximate surface area is 172 Å². The number of hydrogen-bond acceptors (Lipinski definition) is 5. The average Bonchev–Trinajstić information content (AvgIpc) is 3.12. The summed E-state index contributed by atoms with van der Waals surface area (Å²) in [5, 5.41) is 6.33. The Morgan fingerprint density at radius 2 is 1.93 bits per heavy atom. The third-order valence-corrected chi connectivity index (χ3v) is 9.08. The third kappa shape index (κ3) is 5.44. The number of nitrogens with one attached hydrogen (secondary N) is 2. The molecular formula is C18H30ClN3O3S2. The summed E-state index contributed by atoms with van der Waals surface area (Å²) in [4.78, 5) is 12.9. The van der Waals surface area contributed by atoms with Crippen molar-refractivity contribution in [1.29, 1.82) is 0 Å². The number of carbonyl (C=O) groups excluding carboxylic acids is 1. The zero-order valence-electron chi connectivity index (χ0n) is 16.0. The van der Waals surface area contributed by atoms with E-state index in [1.165, 1.54) is 0 Å². The van der Waals surface area contributed by atoms with E-state index < -0.39 is 10.0 Å². The minimum Gasteiger partial charge on any atom is -0.351 e. The second-order valence-corrected chi connectivity index (χ2v) is 11.2. The molecular weight excluding hydrogens is 406 g/mol. The number of piperidine rings is 2. The van der Waals surface area contributed by atoms with E-state index in [9.17, 15) is 13.2 Å². The monoisotopic (exact) mass is 435 g/mol. The average molecular weight is 436 g/mol. The molecule has 2 aliphatic rings. The van der Waals surface area contributed by atoms with E-state index in [1.807, 2.05) is 0 Å². The van der Waals surface area contributed by atoms with Crippen molar-refractivity contribution < 1.29 is 13.2 Å². The fraction of sp³-hybridized carbons (Fsp3) is 0.722. The van der Waals surface area contributed by atoms with Gasteiger partial charge in [0.1, 0.15) is 4.21 Å². The normalized spacial score (nSPS) is 21.4. The van der Waals surface area contributed by atoms with Crippen LogP contribution in [0, 0.1) is 11.3 Å². The molecule has 0 bridgehead atoms. The first-order chi connectivity index (χ1) is 12.3. The molecule has 1 amide bonds. The predicted octanol–water partition coefficient (Wildman–Crippen LogP) is 2.71. The Morgan fingerprint density at radius 1 is 1.30 bits per heavy atom. The molecule has 3 heterocycles. The van der Waals surface area contributed by atoms with Gasteiger partial charge in [0.05, 0.1) is 4.88 Å². The fourth-order valence-corrected chi connectivity index (χ4v) is 6.37. The van der Waals surface area contributed by atoms with Gasteiger partial charge in [-0.3, -0.25) is 4.79 Å². The van der Waals surface area contributed by atoms with E-state index in [0.717, 1.165) is 50.1 Å². The highest BCUT2D eigenvalue weighted by Gasteiger charge is 2.31. The molecule has 2 saturated heterocycles. The quantitative estimate of drug-likeness (QED) is 0.745. The molecule has 0 unspecified atom stereocenters. The van der Waals surface area contributed by atoms with Crippen LogP contribution in [-0.2, 0) is 10.0 Å². The van der Waals surface area contributed by atoms with Crippen molar-refractivity contribution in [2.24, 2.45) is 11.3 Å². The number of thiophene rings is 1. The SMILES string of the molecule is CC1CCN(S(=O)(=O)c2ccc(C(=O)NCC3(C)CCNCC3)s2)CC1.Cl. The molecule has 0 saturated carbocycles. The van der Waals surface area contributed by atoms with Gasteiger partial charge in [0.15, 0.2) is 0 Å². The van der Waals surface area contributed by atoms with Crippen LogP contribution in [0.5, 0.6) is 0 Å². The number of nitrogens with zero attached hydrogens (tertiary/aromatic N) is 1. The van der Waals surface area contributed by atoms with Gasteiger partial charge in [-0.25, -0.2) is 8.42 Å².